The van der Waals surface area contributed by atoms with E-state index >= 15 is 0 Å². The summed E-state index contributed by atoms with van der Waals surface area (Å²) >= 11 is 0. The fourth-order valence-electron chi connectivity index (χ4n) is 11.6. The van der Waals surface area contributed by atoms with Crippen LogP contribution >= 0.6 is 0 Å². The van der Waals surface area contributed by atoms with Gasteiger partial charge in [0.2, 0.25) is 0 Å². The molecule has 9 aromatic carbocycles. The molecule has 0 saturated heterocycles. The minimum absolute atomic E-state index is 0.198. The third-order valence-corrected chi connectivity index (χ3v) is 15.5. The maximum absolute atomic E-state index is 4.97. The van der Waals surface area contributed by atoms with Gasteiger partial charge in [0.15, 0.2) is 0 Å². The summed E-state index contributed by atoms with van der Waals surface area (Å²) in [6.45, 7) is 9.42. The molecule has 2 aliphatic rings. The van der Waals surface area contributed by atoms with Gasteiger partial charge in [-0.25, -0.2) is 9.97 Å². The van der Waals surface area contributed by atoms with E-state index in [0.717, 1.165) is 56.3 Å². The predicted octanol–water partition coefficient (Wildman–Crippen LogP) is 18.7. The van der Waals surface area contributed by atoms with Crippen LogP contribution in [0.5, 0.6) is 0 Å². The average Bonchev–Trinajstić information content (AvgIpc) is 3.81. The maximum Gasteiger partial charge on any atom is 0.145 e. The summed E-state index contributed by atoms with van der Waals surface area (Å²) in [7, 11) is 0. The lowest BCUT2D eigenvalue weighted by Crippen LogP contribution is -2.17. The molecule has 4 heteroatoms. The average molecular weight is 951 g/mol. The molecule has 11 aromatic rings. The summed E-state index contributed by atoms with van der Waals surface area (Å²) in [6, 6.07) is 78.9. The van der Waals surface area contributed by atoms with Crippen molar-refractivity contribution in [3.63, 3.8) is 0 Å². The second-order valence-corrected chi connectivity index (χ2v) is 20.7. The number of anilines is 6. The SMILES string of the molecule is CC1(C)c2cc(C=Cc3ccc(C=Cc4ccc5c(c4)C(C)(C)c4cc(N(c6ccccc6)c6nccc7ccccc67)ccc4-5)cc3)ccc2-c2ccc(N(c3ccccc3)c3nccc4ccccc34)cc21. The Morgan fingerprint density at radius 2 is 0.649 bits per heavy atom. The molecule has 2 aromatic heterocycles. The summed E-state index contributed by atoms with van der Waals surface area (Å²) in [5.74, 6) is 1.85. The van der Waals surface area contributed by atoms with Gasteiger partial charge in [0.1, 0.15) is 11.6 Å². The van der Waals surface area contributed by atoms with Gasteiger partial charge in [0.25, 0.3) is 0 Å². The lowest BCUT2D eigenvalue weighted by atomic mass is 9.81. The Kier molecular flexibility index (Phi) is 10.8. The van der Waals surface area contributed by atoms with Gasteiger partial charge in [-0.05, 0) is 138 Å². The highest BCUT2D eigenvalue weighted by Crippen LogP contribution is 2.53. The lowest BCUT2D eigenvalue weighted by Gasteiger charge is -2.28. The predicted molar refractivity (Wildman–Crippen MR) is 312 cm³/mol. The van der Waals surface area contributed by atoms with Crippen LogP contribution in [0.1, 0.15) is 72.2 Å². The number of aromatic nitrogens is 2. The minimum Gasteiger partial charge on any atom is -0.295 e. The van der Waals surface area contributed by atoms with E-state index in [0.29, 0.717) is 0 Å². The molecule has 0 unspecified atom stereocenters. The van der Waals surface area contributed by atoms with E-state index in [9.17, 15) is 0 Å². The third kappa shape index (κ3) is 7.70. The molecule has 0 fully saturated rings. The van der Waals surface area contributed by atoms with Crippen molar-refractivity contribution in [2.45, 2.75) is 38.5 Å². The number of nitrogens with zero attached hydrogens (tertiary/aromatic N) is 4. The second kappa shape index (κ2) is 17.9. The maximum atomic E-state index is 4.97. The van der Waals surface area contributed by atoms with Crippen molar-refractivity contribution in [2.75, 3.05) is 9.80 Å². The highest BCUT2D eigenvalue weighted by molar-refractivity contribution is 5.99. The van der Waals surface area contributed by atoms with Crippen LogP contribution in [-0.2, 0) is 10.8 Å². The molecule has 0 N–H and O–H groups in total. The van der Waals surface area contributed by atoms with Gasteiger partial charge in [0, 0.05) is 56.7 Å². The van der Waals surface area contributed by atoms with Crippen LogP contribution in [-0.4, -0.2) is 9.97 Å². The van der Waals surface area contributed by atoms with Crippen LogP contribution in [0.4, 0.5) is 34.4 Å². The number of fused-ring (bicyclic) bond motifs is 8. The van der Waals surface area contributed by atoms with Crippen molar-refractivity contribution in [1.29, 1.82) is 0 Å². The van der Waals surface area contributed by atoms with E-state index < -0.39 is 0 Å². The van der Waals surface area contributed by atoms with E-state index in [2.05, 4.69) is 280 Å². The van der Waals surface area contributed by atoms with E-state index in [4.69, 9.17) is 9.97 Å². The van der Waals surface area contributed by atoms with Crippen LogP contribution in [0.15, 0.2) is 231 Å². The number of pyridine rings is 2. The molecule has 354 valence electrons. The van der Waals surface area contributed by atoms with Crippen molar-refractivity contribution in [2.24, 2.45) is 0 Å². The van der Waals surface area contributed by atoms with E-state index in [-0.39, 0.29) is 10.8 Å². The van der Waals surface area contributed by atoms with Crippen molar-refractivity contribution in [3.8, 4) is 22.3 Å². The Labute approximate surface area is 433 Å². The van der Waals surface area contributed by atoms with Crippen molar-refractivity contribution < 1.29 is 0 Å². The molecule has 0 saturated carbocycles. The molecule has 4 nitrogen and oxygen atoms in total. The van der Waals surface area contributed by atoms with Crippen LogP contribution in [0.25, 0.3) is 68.1 Å². The first-order chi connectivity index (χ1) is 36.2. The zero-order chi connectivity index (χ0) is 50.0. The van der Waals surface area contributed by atoms with Crippen molar-refractivity contribution in [1.82, 2.24) is 9.97 Å². The molecule has 0 radical (unpaired) electrons. The second-order valence-electron chi connectivity index (χ2n) is 20.7. The van der Waals surface area contributed by atoms with Gasteiger partial charge < -0.3 is 0 Å². The molecule has 0 bridgehead atoms. The Balaban J connectivity index is 0.727. The first-order valence-electron chi connectivity index (χ1n) is 25.6. The fourth-order valence-corrected chi connectivity index (χ4v) is 11.6. The summed E-state index contributed by atoms with van der Waals surface area (Å²) < 4.78 is 0. The van der Waals surface area contributed by atoms with Gasteiger partial charge in [-0.15, -0.1) is 0 Å². The Hall–Kier alpha value is -9.12. The first-order valence-corrected chi connectivity index (χ1v) is 25.6. The van der Waals surface area contributed by atoms with Crippen LogP contribution in [0.2, 0.25) is 0 Å². The largest absolute Gasteiger partial charge is 0.295 e. The highest BCUT2D eigenvalue weighted by atomic mass is 15.2. The zero-order valence-electron chi connectivity index (χ0n) is 42.0. The third-order valence-electron chi connectivity index (χ3n) is 15.5. The van der Waals surface area contributed by atoms with Gasteiger partial charge in [-0.3, -0.25) is 9.80 Å². The Bertz CT molecular complexity index is 3740. The molecule has 0 spiro atoms. The number of benzene rings is 9. The normalized spacial score (nSPS) is 13.8. The zero-order valence-corrected chi connectivity index (χ0v) is 42.0. The van der Waals surface area contributed by atoms with Crippen LogP contribution in [0.3, 0.4) is 0 Å². The fraction of sp³-hybridized carbons (Fsp3) is 0.0857. The molecular formula is C70H54N4. The highest BCUT2D eigenvalue weighted by Gasteiger charge is 2.38. The number of hydrogen-bond donors (Lipinski definition) is 0. The number of rotatable bonds is 10. The number of para-hydroxylation sites is 2. The van der Waals surface area contributed by atoms with E-state index in [1.807, 2.05) is 12.4 Å². The minimum atomic E-state index is -0.198. The molecule has 0 amide bonds. The molecule has 2 heterocycles. The monoisotopic (exact) mass is 950 g/mol. The molecule has 0 aliphatic heterocycles. The first kappa shape index (κ1) is 44.8. The van der Waals surface area contributed by atoms with Gasteiger partial charge in [-0.1, -0.05) is 210 Å². The van der Waals surface area contributed by atoms with Crippen LogP contribution in [0, 0.1) is 0 Å². The molecule has 74 heavy (non-hydrogen) atoms. The van der Waals surface area contributed by atoms with Crippen molar-refractivity contribution in [3.05, 3.63) is 275 Å². The summed E-state index contributed by atoms with van der Waals surface area (Å²) in [4.78, 5) is 14.5. The molecule has 13 rings (SSSR count). The van der Waals surface area contributed by atoms with Gasteiger partial charge in [0.05, 0.1) is 0 Å². The summed E-state index contributed by atoms with van der Waals surface area (Å²) in [6.07, 6.45) is 12.8. The Morgan fingerprint density at radius 3 is 1.07 bits per heavy atom. The van der Waals surface area contributed by atoms with Crippen molar-refractivity contribution >= 4 is 80.2 Å². The molecular weight excluding hydrogens is 897 g/mol. The molecule has 0 atom stereocenters. The standard InChI is InChI=1S/C70H54N4/c1-69(2)63-43-49(31-35-59(63)61-37-33-55(45-65(61)69)73(53-17-7-5-8-18-53)67-57-21-13-11-15-51(57)39-41-71-67)29-27-47-23-25-48(26-24-47)28-30-50-32-36-60-62-38-34-56(46-66(62)70(3,4)64(60)44-50)74(54-19-9-6-10-20-54)68-58-22-14-12-16-52(58)40-42-72-68/h5-46H,1-4H3. The summed E-state index contributed by atoms with van der Waals surface area (Å²) in [5.41, 5.74) is 19.1. The van der Waals surface area contributed by atoms with Crippen LogP contribution < -0.4 is 9.80 Å². The molecule has 2 aliphatic carbocycles. The van der Waals surface area contributed by atoms with E-state index in [1.165, 1.54) is 66.4 Å². The van der Waals surface area contributed by atoms with E-state index in [1.54, 1.807) is 0 Å². The quantitative estimate of drug-likeness (QED) is 0.128. The number of hydrogen-bond acceptors (Lipinski definition) is 4. The van der Waals surface area contributed by atoms with Gasteiger partial charge in [-0.2, -0.15) is 0 Å². The lowest BCUT2D eigenvalue weighted by molar-refractivity contribution is 0.660. The smallest absolute Gasteiger partial charge is 0.145 e. The Morgan fingerprint density at radius 1 is 0.311 bits per heavy atom. The summed E-state index contributed by atoms with van der Waals surface area (Å²) in [5, 5.41) is 4.58. The topological polar surface area (TPSA) is 32.3 Å². The van der Waals surface area contributed by atoms with Gasteiger partial charge >= 0.3 is 0 Å².